The highest BCUT2D eigenvalue weighted by molar-refractivity contribution is 7.11. The first-order valence-electron chi connectivity index (χ1n) is 7.24. The van der Waals surface area contributed by atoms with Crippen molar-refractivity contribution in [1.82, 2.24) is 4.98 Å². The second-order valence-electron chi connectivity index (χ2n) is 5.15. The average molecular weight is 360 g/mol. The van der Waals surface area contributed by atoms with E-state index in [-0.39, 0.29) is 5.01 Å². The summed E-state index contributed by atoms with van der Waals surface area (Å²) in [5, 5.41) is 11.4. The largest absolute Gasteiger partial charge is 0.489 e. The number of nitrogens with zero attached hydrogens (tertiary/aromatic N) is 1. The Kier molecular flexibility index (Phi) is 5.13. The summed E-state index contributed by atoms with van der Waals surface area (Å²) in [4.78, 5) is 15.1. The van der Waals surface area contributed by atoms with Gasteiger partial charge in [0.2, 0.25) is 5.01 Å². The lowest BCUT2D eigenvalue weighted by Gasteiger charge is -2.11. The maximum Gasteiger partial charge on any atom is 0.365 e. The van der Waals surface area contributed by atoms with Crippen LogP contribution in [-0.4, -0.2) is 16.1 Å². The highest BCUT2D eigenvalue weighted by Crippen LogP contribution is 2.27. The summed E-state index contributed by atoms with van der Waals surface area (Å²) in [6.45, 7) is 0.451. The highest BCUT2D eigenvalue weighted by atomic mass is 35.5. The summed E-state index contributed by atoms with van der Waals surface area (Å²) in [6, 6.07) is 15.3. The van der Waals surface area contributed by atoms with Gasteiger partial charge in [0.25, 0.3) is 0 Å². The van der Waals surface area contributed by atoms with E-state index in [9.17, 15) is 4.79 Å². The van der Waals surface area contributed by atoms with Gasteiger partial charge in [-0.1, -0.05) is 41.9 Å². The molecule has 24 heavy (non-hydrogen) atoms. The smallest absolute Gasteiger partial charge is 0.365 e. The van der Waals surface area contributed by atoms with Gasteiger partial charge in [0.15, 0.2) is 0 Å². The maximum absolute atomic E-state index is 10.9. The predicted octanol–water partition coefficient (Wildman–Crippen LogP) is 4.66. The molecule has 0 aliphatic rings. The zero-order valence-electron chi connectivity index (χ0n) is 12.6. The molecular weight excluding hydrogens is 346 g/mol. The Morgan fingerprint density at radius 2 is 2.00 bits per heavy atom. The molecule has 122 valence electrons. The van der Waals surface area contributed by atoms with Crippen LogP contribution in [0.2, 0.25) is 5.02 Å². The fourth-order valence-corrected chi connectivity index (χ4v) is 3.09. The van der Waals surface area contributed by atoms with Crippen molar-refractivity contribution in [2.45, 2.75) is 13.0 Å². The van der Waals surface area contributed by atoms with E-state index < -0.39 is 5.97 Å². The molecule has 0 spiro atoms. The topological polar surface area (TPSA) is 59.4 Å². The van der Waals surface area contributed by atoms with Crippen LogP contribution >= 0.6 is 22.9 Å². The van der Waals surface area contributed by atoms with Crippen LogP contribution in [0.1, 0.15) is 26.6 Å². The van der Waals surface area contributed by atoms with Gasteiger partial charge in [-0.2, -0.15) is 0 Å². The Morgan fingerprint density at radius 1 is 1.21 bits per heavy atom. The number of carboxylic acid groups (broad SMARTS) is 1. The van der Waals surface area contributed by atoms with Crippen LogP contribution in [0, 0.1) is 0 Å². The molecule has 6 heteroatoms. The quantitative estimate of drug-likeness (QED) is 0.695. The monoisotopic (exact) mass is 359 g/mol. The lowest BCUT2D eigenvalue weighted by atomic mass is 10.1. The van der Waals surface area contributed by atoms with Crippen molar-refractivity contribution in [3.05, 3.63) is 80.8 Å². The van der Waals surface area contributed by atoms with Gasteiger partial charge in [-0.05, 0) is 23.8 Å². The normalized spacial score (nSPS) is 10.5. The molecule has 3 aromatic rings. The van der Waals surface area contributed by atoms with Crippen LogP contribution in [-0.2, 0) is 13.0 Å². The van der Waals surface area contributed by atoms with Crippen LogP contribution in [0.25, 0.3) is 0 Å². The Hall–Kier alpha value is -2.37. The molecule has 3 rings (SSSR count). The van der Waals surface area contributed by atoms with E-state index in [1.807, 2.05) is 42.5 Å². The molecular formula is C18H14ClNO3S. The van der Waals surface area contributed by atoms with Crippen LogP contribution < -0.4 is 4.74 Å². The molecule has 1 heterocycles. The van der Waals surface area contributed by atoms with Crippen molar-refractivity contribution >= 4 is 28.9 Å². The number of ether oxygens (including phenoxy) is 1. The lowest BCUT2D eigenvalue weighted by Crippen LogP contribution is -2.00. The summed E-state index contributed by atoms with van der Waals surface area (Å²) in [5.74, 6) is -0.300. The van der Waals surface area contributed by atoms with E-state index in [1.165, 1.54) is 0 Å². The van der Waals surface area contributed by atoms with Crippen molar-refractivity contribution in [2.24, 2.45) is 0 Å². The van der Waals surface area contributed by atoms with Gasteiger partial charge >= 0.3 is 5.97 Å². The van der Waals surface area contributed by atoms with Gasteiger partial charge in [-0.25, -0.2) is 9.78 Å². The number of carbonyl (C=O) groups is 1. The number of hydrogen-bond donors (Lipinski definition) is 1. The number of halogens is 1. The zero-order valence-corrected chi connectivity index (χ0v) is 14.2. The first kappa shape index (κ1) is 16.5. The van der Waals surface area contributed by atoms with Crippen LogP contribution in [0.15, 0.2) is 53.9 Å². The summed E-state index contributed by atoms with van der Waals surface area (Å²) in [5.41, 5.74) is 2.63. The molecule has 0 unspecified atom stereocenters. The zero-order chi connectivity index (χ0) is 16.9. The number of rotatable bonds is 6. The number of aromatic carboxylic acids is 1. The highest BCUT2D eigenvalue weighted by Gasteiger charge is 2.12. The first-order chi connectivity index (χ1) is 11.6. The molecule has 2 aromatic carbocycles. The molecule has 0 saturated carbocycles. The molecule has 4 nitrogen and oxygen atoms in total. The van der Waals surface area contributed by atoms with E-state index in [0.717, 1.165) is 22.5 Å². The summed E-state index contributed by atoms with van der Waals surface area (Å²) in [6.07, 6.45) is 0.467. The fourth-order valence-electron chi connectivity index (χ4n) is 2.24. The minimum Gasteiger partial charge on any atom is -0.489 e. The van der Waals surface area contributed by atoms with E-state index in [1.54, 1.807) is 11.4 Å². The van der Waals surface area contributed by atoms with Gasteiger partial charge in [0.1, 0.15) is 12.4 Å². The SMILES string of the molecule is O=C(O)c1nc(Cc2cc(Cl)ccc2OCc2ccccc2)cs1. The van der Waals surface area contributed by atoms with Gasteiger partial charge in [-0.15, -0.1) is 11.3 Å². The molecule has 0 amide bonds. The summed E-state index contributed by atoms with van der Waals surface area (Å²) >= 11 is 7.20. The van der Waals surface area contributed by atoms with Crippen molar-refractivity contribution in [2.75, 3.05) is 0 Å². The lowest BCUT2D eigenvalue weighted by molar-refractivity contribution is 0.0696. The van der Waals surface area contributed by atoms with E-state index >= 15 is 0 Å². The average Bonchev–Trinajstić information content (AvgIpc) is 3.04. The van der Waals surface area contributed by atoms with Gasteiger partial charge in [0.05, 0.1) is 5.69 Å². The van der Waals surface area contributed by atoms with Gasteiger partial charge < -0.3 is 9.84 Å². The Balaban J connectivity index is 1.78. The van der Waals surface area contributed by atoms with Crippen molar-refractivity contribution in [3.8, 4) is 5.75 Å². The Bertz CT molecular complexity index is 848. The summed E-state index contributed by atoms with van der Waals surface area (Å²) in [7, 11) is 0. The third kappa shape index (κ3) is 4.13. The third-order valence-corrected chi connectivity index (χ3v) is 4.48. The maximum atomic E-state index is 10.9. The molecule has 0 radical (unpaired) electrons. The first-order valence-corrected chi connectivity index (χ1v) is 8.50. The molecule has 0 bridgehead atoms. The molecule has 0 aliphatic heterocycles. The van der Waals surface area contributed by atoms with Crippen molar-refractivity contribution in [3.63, 3.8) is 0 Å². The predicted molar refractivity (Wildman–Crippen MR) is 94.1 cm³/mol. The number of benzene rings is 2. The van der Waals surface area contributed by atoms with Crippen molar-refractivity contribution < 1.29 is 14.6 Å². The van der Waals surface area contributed by atoms with Crippen LogP contribution in [0.3, 0.4) is 0 Å². The second kappa shape index (κ2) is 7.47. The third-order valence-electron chi connectivity index (χ3n) is 3.37. The van der Waals surface area contributed by atoms with Crippen LogP contribution in [0.4, 0.5) is 0 Å². The minimum atomic E-state index is -1.02. The van der Waals surface area contributed by atoms with E-state index in [0.29, 0.717) is 29.5 Å². The van der Waals surface area contributed by atoms with E-state index in [4.69, 9.17) is 21.4 Å². The van der Waals surface area contributed by atoms with Crippen LogP contribution in [0.5, 0.6) is 5.75 Å². The minimum absolute atomic E-state index is 0.0822. The number of hydrogen-bond acceptors (Lipinski definition) is 4. The molecule has 1 aromatic heterocycles. The summed E-state index contributed by atoms with van der Waals surface area (Å²) < 4.78 is 5.91. The number of aromatic nitrogens is 1. The van der Waals surface area contributed by atoms with Gasteiger partial charge in [0, 0.05) is 22.4 Å². The Labute approximate surface area is 148 Å². The Morgan fingerprint density at radius 3 is 2.71 bits per heavy atom. The number of carboxylic acids is 1. The molecule has 0 saturated heterocycles. The standard InChI is InChI=1S/C18H14ClNO3S/c19-14-6-7-16(23-10-12-4-2-1-3-5-12)13(8-14)9-15-11-24-17(20-15)18(21)22/h1-8,11H,9-10H2,(H,21,22). The molecule has 0 atom stereocenters. The fraction of sp³-hybridized carbons (Fsp3) is 0.111. The van der Waals surface area contributed by atoms with Crippen molar-refractivity contribution in [1.29, 1.82) is 0 Å². The number of thiazole rings is 1. The van der Waals surface area contributed by atoms with E-state index in [2.05, 4.69) is 4.98 Å². The van der Waals surface area contributed by atoms with Gasteiger partial charge in [-0.3, -0.25) is 0 Å². The molecule has 0 aliphatic carbocycles. The second-order valence-corrected chi connectivity index (χ2v) is 6.45. The molecule has 0 fully saturated rings. The molecule has 1 N–H and O–H groups in total.